The van der Waals surface area contributed by atoms with Crippen LogP contribution in [0.4, 0.5) is 0 Å². The van der Waals surface area contributed by atoms with Gasteiger partial charge in [0.1, 0.15) is 0 Å². The van der Waals surface area contributed by atoms with Crippen molar-refractivity contribution in [3.05, 3.63) is 42.7 Å². The van der Waals surface area contributed by atoms with Crippen LogP contribution >= 0.6 is 0 Å². The standard InChI is InChI=1S/C15H19N3/c1-12-9-15(7-8-16-12)18-11-14(10-17-18)13-5-3-2-4-6-13/h2-6,10-12,15-16H,7-9H2,1H3. The van der Waals surface area contributed by atoms with Crippen molar-refractivity contribution in [1.29, 1.82) is 0 Å². The molecule has 18 heavy (non-hydrogen) atoms. The molecule has 3 nitrogen and oxygen atoms in total. The summed E-state index contributed by atoms with van der Waals surface area (Å²) in [7, 11) is 0. The lowest BCUT2D eigenvalue weighted by molar-refractivity contribution is 0.295. The highest BCUT2D eigenvalue weighted by molar-refractivity contribution is 5.61. The number of nitrogens with one attached hydrogen (secondary N) is 1. The van der Waals surface area contributed by atoms with Gasteiger partial charge in [0, 0.05) is 17.8 Å². The third kappa shape index (κ3) is 2.31. The summed E-state index contributed by atoms with van der Waals surface area (Å²) in [5.74, 6) is 0. The summed E-state index contributed by atoms with van der Waals surface area (Å²) in [6, 6.07) is 11.6. The van der Waals surface area contributed by atoms with E-state index < -0.39 is 0 Å². The van der Waals surface area contributed by atoms with Gasteiger partial charge < -0.3 is 5.32 Å². The van der Waals surface area contributed by atoms with Crippen LogP contribution in [0.1, 0.15) is 25.8 Å². The maximum atomic E-state index is 4.54. The lowest BCUT2D eigenvalue weighted by Crippen LogP contribution is -2.36. The van der Waals surface area contributed by atoms with Gasteiger partial charge in [0.05, 0.1) is 12.2 Å². The Morgan fingerprint density at radius 2 is 2.06 bits per heavy atom. The Balaban J connectivity index is 1.81. The predicted molar refractivity (Wildman–Crippen MR) is 73.4 cm³/mol. The van der Waals surface area contributed by atoms with Gasteiger partial charge in [-0.1, -0.05) is 30.3 Å². The highest BCUT2D eigenvalue weighted by Gasteiger charge is 2.20. The van der Waals surface area contributed by atoms with Crippen molar-refractivity contribution in [1.82, 2.24) is 15.1 Å². The maximum Gasteiger partial charge on any atom is 0.0568 e. The van der Waals surface area contributed by atoms with E-state index in [0.717, 1.165) is 13.0 Å². The topological polar surface area (TPSA) is 29.9 Å². The van der Waals surface area contributed by atoms with Gasteiger partial charge in [0.25, 0.3) is 0 Å². The summed E-state index contributed by atoms with van der Waals surface area (Å²) in [5, 5.41) is 8.02. The monoisotopic (exact) mass is 241 g/mol. The minimum atomic E-state index is 0.540. The van der Waals surface area contributed by atoms with Gasteiger partial charge in [-0.3, -0.25) is 4.68 Å². The van der Waals surface area contributed by atoms with Crippen molar-refractivity contribution < 1.29 is 0 Å². The van der Waals surface area contributed by atoms with Crippen molar-refractivity contribution in [2.24, 2.45) is 0 Å². The molecule has 1 aliphatic rings. The van der Waals surface area contributed by atoms with Crippen LogP contribution in [0, 0.1) is 0 Å². The average molecular weight is 241 g/mol. The van der Waals surface area contributed by atoms with Gasteiger partial charge in [0.2, 0.25) is 0 Å². The van der Waals surface area contributed by atoms with Crippen molar-refractivity contribution in [2.75, 3.05) is 6.54 Å². The predicted octanol–water partition coefficient (Wildman–Crippen LogP) is 2.86. The quantitative estimate of drug-likeness (QED) is 0.876. The summed E-state index contributed by atoms with van der Waals surface area (Å²) in [6.45, 7) is 3.33. The van der Waals surface area contributed by atoms with Crippen LogP contribution in [0.25, 0.3) is 11.1 Å². The summed E-state index contributed by atoms with van der Waals surface area (Å²) in [6.07, 6.45) is 6.48. The number of aromatic nitrogens is 2. The molecule has 3 heteroatoms. The van der Waals surface area contributed by atoms with Gasteiger partial charge in [0.15, 0.2) is 0 Å². The molecule has 0 saturated carbocycles. The highest BCUT2D eigenvalue weighted by atomic mass is 15.3. The first-order chi connectivity index (χ1) is 8.83. The average Bonchev–Trinajstić information content (AvgIpc) is 2.89. The Hall–Kier alpha value is -1.61. The largest absolute Gasteiger partial charge is 0.314 e. The van der Waals surface area contributed by atoms with Crippen LogP contribution in [-0.4, -0.2) is 22.4 Å². The second-order valence-electron chi connectivity index (χ2n) is 5.11. The van der Waals surface area contributed by atoms with E-state index in [2.05, 4.69) is 52.5 Å². The fraction of sp³-hybridized carbons (Fsp3) is 0.400. The highest BCUT2D eigenvalue weighted by Crippen LogP contribution is 2.24. The molecule has 1 N–H and O–H groups in total. The molecule has 0 amide bonds. The molecule has 0 radical (unpaired) electrons. The van der Waals surface area contributed by atoms with Crippen LogP contribution in [0.3, 0.4) is 0 Å². The fourth-order valence-corrected chi connectivity index (χ4v) is 2.66. The molecule has 3 rings (SSSR count). The SMILES string of the molecule is CC1CC(n2cc(-c3ccccc3)cn2)CCN1. The van der Waals surface area contributed by atoms with Gasteiger partial charge >= 0.3 is 0 Å². The molecule has 94 valence electrons. The third-order valence-corrected chi connectivity index (χ3v) is 3.68. The van der Waals surface area contributed by atoms with E-state index in [0.29, 0.717) is 12.1 Å². The molecular weight excluding hydrogens is 222 g/mol. The molecule has 2 atom stereocenters. The van der Waals surface area contributed by atoms with Gasteiger partial charge in [-0.2, -0.15) is 5.10 Å². The molecular formula is C15H19N3. The molecule has 1 fully saturated rings. The van der Waals surface area contributed by atoms with E-state index in [-0.39, 0.29) is 0 Å². The normalized spacial score (nSPS) is 24.1. The second kappa shape index (κ2) is 4.94. The lowest BCUT2D eigenvalue weighted by Gasteiger charge is -2.28. The Labute approximate surface area is 108 Å². The number of nitrogens with zero attached hydrogens (tertiary/aromatic N) is 2. The Morgan fingerprint density at radius 3 is 2.83 bits per heavy atom. The fourth-order valence-electron chi connectivity index (χ4n) is 2.66. The molecule has 1 aromatic carbocycles. The first-order valence-corrected chi connectivity index (χ1v) is 6.66. The molecule has 2 unspecified atom stereocenters. The number of rotatable bonds is 2. The lowest BCUT2D eigenvalue weighted by atomic mass is 10.0. The summed E-state index contributed by atoms with van der Waals surface area (Å²) in [4.78, 5) is 0. The summed E-state index contributed by atoms with van der Waals surface area (Å²) >= 11 is 0. The van der Waals surface area contributed by atoms with E-state index in [1.165, 1.54) is 17.5 Å². The molecule has 1 aromatic heterocycles. The first kappa shape index (κ1) is 11.5. The van der Waals surface area contributed by atoms with Crippen molar-refractivity contribution >= 4 is 0 Å². The van der Waals surface area contributed by atoms with Crippen molar-refractivity contribution in [3.8, 4) is 11.1 Å². The van der Waals surface area contributed by atoms with Crippen LogP contribution < -0.4 is 5.32 Å². The van der Waals surface area contributed by atoms with Gasteiger partial charge in [-0.25, -0.2) is 0 Å². The Morgan fingerprint density at radius 1 is 1.22 bits per heavy atom. The minimum absolute atomic E-state index is 0.540. The van der Waals surface area contributed by atoms with Crippen LogP contribution in [0.5, 0.6) is 0 Å². The van der Waals surface area contributed by atoms with E-state index in [1.807, 2.05) is 12.3 Å². The van der Waals surface area contributed by atoms with Crippen LogP contribution in [-0.2, 0) is 0 Å². The third-order valence-electron chi connectivity index (χ3n) is 3.68. The molecule has 0 spiro atoms. The van der Waals surface area contributed by atoms with E-state index in [1.54, 1.807) is 0 Å². The Bertz CT molecular complexity index is 503. The van der Waals surface area contributed by atoms with Gasteiger partial charge in [-0.15, -0.1) is 0 Å². The Kier molecular flexibility index (Phi) is 3.15. The molecule has 0 bridgehead atoms. The summed E-state index contributed by atoms with van der Waals surface area (Å²) in [5.41, 5.74) is 2.45. The molecule has 1 aliphatic heterocycles. The molecule has 2 heterocycles. The minimum Gasteiger partial charge on any atom is -0.314 e. The van der Waals surface area contributed by atoms with E-state index in [4.69, 9.17) is 0 Å². The van der Waals surface area contributed by atoms with E-state index >= 15 is 0 Å². The van der Waals surface area contributed by atoms with Crippen LogP contribution in [0.15, 0.2) is 42.7 Å². The van der Waals surface area contributed by atoms with Crippen LogP contribution in [0.2, 0.25) is 0 Å². The number of benzene rings is 1. The number of hydrogen-bond acceptors (Lipinski definition) is 2. The zero-order valence-electron chi connectivity index (χ0n) is 10.7. The second-order valence-corrected chi connectivity index (χ2v) is 5.11. The number of hydrogen-bond donors (Lipinski definition) is 1. The first-order valence-electron chi connectivity index (χ1n) is 6.66. The maximum absolute atomic E-state index is 4.54. The smallest absolute Gasteiger partial charge is 0.0568 e. The van der Waals surface area contributed by atoms with Gasteiger partial charge in [-0.05, 0) is 31.9 Å². The summed E-state index contributed by atoms with van der Waals surface area (Å²) < 4.78 is 2.14. The molecule has 1 saturated heterocycles. The zero-order chi connectivity index (χ0) is 12.4. The molecule has 0 aliphatic carbocycles. The zero-order valence-corrected chi connectivity index (χ0v) is 10.7. The van der Waals surface area contributed by atoms with E-state index in [9.17, 15) is 0 Å². The number of piperidine rings is 1. The van der Waals surface area contributed by atoms with Crippen molar-refractivity contribution in [2.45, 2.75) is 31.8 Å². The molecule has 2 aromatic rings. The van der Waals surface area contributed by atoms with Crippen molar-refractivity contribution in [3.63, 3.8) is 0 Å².